The Morgan fingerprint density at radius 3 is 2.67 bits per heavy atom. The number of ether oxygens (including phenoxy) is 1. The van der Waals surface area contributed by atoms with Crippen molar-refractivity contribution in [1.82, 2.24) is 5.32 Å². The summed E-state index contributed by atoms with van der Waals surface area (Å²) in [6.45, 7) is 2.01. The number of carbonyl (C=O) groups is 2. The SMILES string of the molecule is CCC/C=C(\N)C(=O)N[C@@H](CC1CC1)C(=O)OC. The highest BCUT2D eigenvalue weighted by Crippen LogP contribution is 2.33. The van der Waals surface area contributed by atoms with Gasteiger partial charge in [-0.25, -0.2) is 4.79 Å². The van der Waals surface area contributed by atoms with Gasteiger partial charge in [0.1, 0.15) is 6.04 Å². The predicted octanol–water partition coefficient (Wildman–Crippen LogP) is 1.09. The van der Waals surface area contributed by atoms with E-state index in [1.54, 1.807) is 6.08 Å². The summed E-state index contributed by atoms with van der Waals surface area (Å²) in [6.07, 6.45) is 6.23. The lowest BCUT2D eigenvalue weighted by atomic mass is 10.1. The molecule has 0 aliphatic heterocycles. The van der Waals surface area contributed by atoms with Crippen molar-refractivity contribution >= 4 is 11.9 Å². The van der Waals surface area contributed by atoms with Gasteiger partial charge >= 0.3 is 5.97 Å². The summed E-state index contributed by atoms with van der Waals surface area (Å²) in [5, 5.41) is 2.64. The summed E-state index contributed by atoms with van der Waals surface area (Å²) < 4.78 is 4.69. The van der Waals surface area contributed by atoms with Crippen LogP contribution in [0, 0.1) is 5.92 Å². The average Bonchev–Trinajstić information content (AvgIpc) is 3.17. The van der Waals surface area contributed by atoms with Gasteiger partial charge in [0, 0.05) is 0 Å². The first-order valence-electron chi connectivity index (χ1n) is 6.42. The largest absolute Gasteiger partial charge is 0.467 e. The lowest BCUT2D eigenvalue weighted by molar-refractivity contribution is -0.145. The molecule has 5 nitrogen and oxygen atoms in total. The van der Waals surface area contributed by atoms with Crippen LogP contribution < -0.4 is 11.1 Å². The van der Waals surface area contributed by atoms with E-state index in [1.165, 1.54) is 7.11 Å². The zero-order chi connectivity index (χ0) is 13.5. The van der Waals surface area contributed by atoms with Crippen LogP contribution in [0.5, 0.6) is 0 Å². The summed E-state index contributed by atoms with van der Waals surface area (Å²) in [5.41, 5.74) is 5.80. The third-order valence-corrected chi connectivity index (χ3v) is 2.97. The Labute approximate surface area is 108 Å². The quantitative estimate of drug-likeness (QED) is 0.526. The van der Waals surface area contributed by atoms with E-state index in [1.807, 2.05) is 6.92 Å². The molecule has 0 aromatic carbocycles. The second-order valence-corrected chi connectivity index (χ2v) is 4.68. The van der Waals surface area contributed by atoms with Crippen LogP contribution >= 0.6 is 0 Å². The Balaban J connectivity index is 2.52. The van der Waals surface area contributed by atoms with Crippen molar-refractivity contribution < 1.29 is 14.3 Å². The highest BCUT2D eigenvalue weighted by Gasteiger charge is 2.31. The van der Waals surface area contributed by atoms with E-state index in [0.717, 1.165) is 25.7 Å². The minimum absolute atomic E-state index is 0.168. The monoisotopic (exact) mass is 254 g/mol. The summed E-state index contributed by atoms with van der Waals surface area (Å²) >= 11 is 0. The van der Waals surface area contributed by atoms with Crippen molar-refractivity contribution in [3.05, 3.63) is 11.8 Å². The van der Waals surface area contributed by atoms with Crippen molar-refractivity contribution in [3.63, 3.8) is 0 Å². The van der Waals surface area contributed by atoms with Gasteiger partial charge in [-0.2, -0.15) is 0 Å². The van der Waals surface area contributed by atoms with Gasteiger partial charge in [0.2, 0.25) is 0 Å². The molecule has 1 amide bonds. The van der Waals surface area contributed by atoms with Gasteiger partial charge < -0.3 is 15.8 Å². The second kappa shape index (κ2) is 7.03. The first-order valence-corrected chi connectivity index (χ1v) is 6.42. The maximum absolute atomic E-state index is 11.8. The Morgan fingerprint density at radius 2 is 2.17 bits per heavy atom. The van der Waals surface area contributed by atoms with Crippen LogP contribution in [0.1, 0.15) is 39.0 Å². The maximum Gasteiger partial charge on any atom is 0.328 e. The molecule has 0 radical (unpaired) electrons. The van der Waals surface area contributed by atoms with Gasteiger partial charge in [0.25, 0.3) is 5.91 Å². The normalized spacial score (nSPS) is 17.1. The Kier molecular flexibility index (Phi) is 5.68. The second-order valence-electron chi connectivity index (χ2n) is 4.68. The van der Waals surface area contributed by atoms with Crippen molar-refractivity contribution in [3.8, 4) is 0 Å². The summed E-state index contributed by atoms with van der Waals surface area (Å²) in [7, 11) is 1.32. The molecule has 18 heavy (non-hydrogen) atoms. The van der Waals surface area contributed by atoms with E-state index < -0.39 is 12.0 Å². The summed E-state index contributed by atoms with van der Waals surface area (Å²) in [5.74, 6) is -0.270. The number of rotatable bonds is 7. The molecule has 0 unspecified atom stereocenters. The van der Waals surface area contributed by atoms with Crippen LogP contribution in [0.25, 0.3) is 0 Å². The number of amides is 1. The molecule has 1 fully saturated rings. The first kappa shape index (κ1) is 14.5. The Bertz CT molecular complexity index is 335. The fourth-order valence-electron chi connectivity index (χ4n) is 1.68. The number of allylic oxidation sites excluding steroid dienone is 1. The first-order chi connectivity index (χ1) is 8.58. The topological polar surface area (TPSA) is 81.4 Å². The molecule has 0 bridgehead atoms. The lowest BCUT2D eigenvalue weighted by Crippen LogP contribution is -2.43. The highest BCUT2D eigenvalue weighted by molar-refractivity contribution is 5.95. The number of methoxy groups -OCH3 is 1. The van der Waals surface area contributed by atoms with Gasteiger partial charge in [-0.3, -0.25) is 4.79 Å². The molecule has 102 valence electrons. The van der Waals surface area contributed by atoms with Crippen molar-refractivity contribution in [2.75, 3.05) is 7.11 Å². The third kappa shape index (κ3) is 4.77. The molecule has 0 heterocycles. The van der Waals surface area contributed by atoms with Crippen molar-refractivity contribution in [2.24, 2.45) is 11.7 Å². The van der Waals surface area contributed by atoms with Crippen LogP contribution in [-0.4, -0.2) is 25.0 Å². The van der Waals surface area contributed by atoms with Gasteiger partial charge in [-0.1, -0.05) is 32.3 Å². The van der Waals surface area contributed by atoms with E-state index in [4.69, 9.17) is 5.73 Å². The van der Waals surface area contributed by atoms with Crippen LogP contribution in [0.15, 0.2) is 11.8 Å². The molecular weight excluding hydrogens is 232 g/mol. The average molecular weight is 254 g/mol. The standard InChI is InChI=1S/C13H22N2O3/c1-3-4-5-10(14)12(16)15-11(13(17)18-2)8-9-6-7-9/h5,9,11H,3-4,6-8,14H2,1-2H3,(H,15,16)/b10-5-/t11-/m0/s1. The fourth-order valence-corrected chi connectivity index (χ4v) is 1.68. The molecular formula is C13H22N2O3. The number of hydrogen-bond donors (Lipinski definition) is 2. The molecule has 0 saturated heterocycles. The molecule has 5 heteroatoms. The molecule has 0 aromatic heterocycles. The van der Waals surface area contributed by atoms with Gasteiger partial charge in [-0.15, -0.1) is 0 Å². The van der Waals surface area contributed by atoms with Gasteiger partial charge in [0.15, 0.2) is 0 Å². The molecule has 3 N–H and O–H groups in total. The van der Waals surface area contributed by atoms with E-state index >= 15 is 0 Å². The minimum atomic E-state index is -0.580. The van der Waals surface area contributed by atoms with Crippen LogP contribution in [-0.2, 0) is 14.3 Å². The zero-order valence-electron chi connectivity index (χ0n) is 11.1. The van der Waals surface area contributed by atoms with Crippen LogP contribution in [0.4, 0.5) is 0 Å². The van der Waals surface area contributed by atoms with E-state index in [9.17, 15) is 9.59 Å². The predicted molar refractivity (Wildman–Crippen MR) is 68.5 cm³/mol. The number of esters is 1. The maximum atomic E-state index is 11.8. The van der Waals surface area contributed by atoms with Crippen molar-refractivity contribution in [2.45, 2.75) is 45.1 Å². The molecule has 1 atom stereocenters. The molecule has 1 aliphatic carbocycles. The minimum Gasteiger partial charge on any atom is -0.467 e. The number of nitrogens with two attached hydrogens (primary N) is 1. The highest BCUT2D eigenvalue weighted by atomic mass is 16.5. The smallest absolute Gasteiger partial charge is 0.328 e. The third-order valence-electron chi connectivity index (χ3n) is 2.97. The number of carbonyl (C=O) groups excluding carboxylic acids is 2. The van der Waals surface area contributed by atoms with E-state index in [-0.39, 0.29) is 11.6 Å². The molecule has 0 aromatic rings. The lowest BCUT2D eigenvalue weighted by Gasteiger charge is -2.16. The summed E-state index contributed by atoms with van der Waals surface area (Å²) in [6, 6.07) is -0.580. The number of hydrogen-bond acceptors (Lipinski definition) is 4. The van der Waals surface area contributed by atoms with Crippen LogP contribution in [0.2, 0.25) is 0 Å². The van der Waals surface area contributed by atoms with Crippen LogP contribution in [0.3, 0.4) is 0 Å². The van der Waals surface area contributed by atoms with Crippen molar-refractivity contribution in [1.29, 1.82) is 0 Å². The summed E-state index contributed by atoms with van der Waals surface area (Å²) in [4.78, 5) is 23.3. The Hall–Kier alpha value is -1.52. The van der Waals surface area contributed by atoms with E-state index in [0.29, 0.717) is 12.3 Å². The molecule has 1 rings (SSSR count). The van der Waals surface area contributed by atoms with E-state index in [2.05, 4.69) is 10.1 Å². The molecule has 0 spiro atoms. The van der Waals surface area contributed by atoms with Gasteiger partial charge in [-0.05, 0) is 18.8 Å². The van der Waals surface area contributed by atoms with Gasteiger partial charge in [0.05, 0.1) is 12.8 Å². The molecule has 1 aliphatic rings. The zero-order valence-corrected chi connectivity index (χ0v) is 11.1. The number of nitrogens with one attached hydrogen (secondary N) is 1. The Morgan fingerprint density at radius 1 is 1.50 bits per heavy atom. The number of unbranched alkanes of at least 4 members (excludes halogenated alkanes) is 1. The molecule has 1 saturated carbocycles. The fraction of sp³-hybridized carbons (Fsp3) is 0.692.